The molecular weight excluding hydrogens is 230 g/mol. The molecule has 0 aliphatic carbocycles. The van der Waals surface area contributed by atoms with E-state index >= 15 is 0 Å². The monoisotopic (exact) mass is 249 g/mol. The Morgan fingerprint density at radius 3 is 2.75 bits per heavy atom. The third-order valence-corrected chi connectivity index (χ3v) is 2.49. The van der Waals surface area contributed by atoms with Crippen molar-refractivity contribution in [1.29, 1.82) is 0 Å². The summed E-state index contributed by atoms with van der Waals surface area (Å²) in [6.45, 7) is 1.45. The molecule has 0 spiro atoms. The number of carbonyl (C=O) groups excluding carboxylic acids is 1. The fraction of sp³-hybridized carbons (Fsp3) is 0.778. The molecule has 0 aromatic heterocycles. The summed E-state index contributed by atoms with van der Waals surface area (Å²) in [5.74, 6) is 0.592. The second-order valence-corrected chi connectivity index (χ2v) is 4.01. The lowest BCUT2D eigenvalue weighted by Gasteiger charge is -2.21. The Morgan fingerprint density at radius 1 is 1.56 bits per heavy atom. The first-order valence-corrected chi connectivity index (χ1v) is 6.27. The predicted octanol–water partition coefficient (Wildman–Crippen LogP) is -0.0391. The Kier molecular flexibility index (Phi) is 8.74. The molecule has 0 saturated carbocycles. The standard InChI is InChI=1S/C9H19N3O3S/c1-15-6-5-12(9(13)7-16-2)4-3-8(10)11-14/h14H,3-7H2,1-2H3,(H2,10,11). The van der Waals surface area contributed by atoms with Crippen molar-refractivity contribution < 1.29 is 14.7 Å². The number of oxime groups is 1. The van der Waals surface area contributed by atoms with Crippen LogP contribution in [0.5, 0.6) is 0 Å². The predicted molar refractivity (Wildman–Crippen MR) is 64.9 cm³/mol. The quantitative estimate of drug-likeness (QED) is 0.273. The summed E-state index contributed by atoms with van der Waals surface area (Å²) in [7, 11) is 1.58. The highest BCUT2D eigenvalue weighted by Gasteiger charge is 2.12. The Bertz CT molecular complexity index is 236. The fourth-order valence-corrected chi connectivity index (χ4v) is 1.51. The van der Waals surface area contributed by atoms with Gasteiger partial charge in [0.2, 0.25) is 5.91 Å². The SMILES string of the molecule is COCCN(CCC(N)=NO)C(=O)CSC. The van der Waals surface area contributed by atoms with Crippen molar-refractivity contribution in [3.8, 4) is 0 Å². The van der Waals surface area contributed by atoms with E-state index < -0.39 is 0 Å². The Balaban J connectivity index is 4.14. The van der Waals surface area contributed by atoms with E-state index in [1.165, 1.54) is 11.8 Å². The highest BCUT2D eigenvalue weighted by atomic mass is 32.2. The van der Waals surface area contributed by atoms with Crippen molar-refractivity contribution in [1.82, 2.24) is 4.90 Å². The van der Waals surface area contributed by atoms with E-state index in [4.69, 9.17) is 15.7 Å². The normalized spacial score (nSPS) is 11.5. The van der Waals surface area contributed by atoms with Crippen LogP contribution >= 0.6 is 11.8 Å². The van der Waals surface area contributed by atoms with E-state index in [-0.39, 0.29) is 11.7 Å². The molecule has 16 heavy (non-hydrogen) atoms. The summed E-state index contributed by atoms with van der Waals surface area (Å²) < 4.78 is 4.92. The van der Waals surface area contributed by atoms with Crippen LogP contribution in [0.3, 0.4) is 0 Å². The molecule has 0 heterocycles. The Hall–Kier alpha value is -0.950. The van der Waals surface area contributed by atoms with E-state index in [2.05, 4.69) is 5.16 Å². The molecule has 0 aromatic carbocycles. The molecule has 0 saturated heterocycles. The summed E-state index contributed by atoms with van der Waals surface area (Å²) in [6.07, 6.45) is 2.23. The number of nitrogens with zero attached hydrogens (tertiary/aromatic N) is 2. The summed E-state index contributed by atoms with van der Waals surface area (Å²) in [6, 6.07) is 0. The first kappa shape index (κ1) is 15.0. The number of carbonyl (C=O) groups is 1. The minimum atomic E-state index is 0.0373. The molecule has 0 aliphatic rings. The van der Waals surface area contributed by atoms with Crippen molar-refractivity contribution in [3.05, 3.63) is 0 Å². The van der Waals surface area contributed by atoms with Crippen LogP contribution in [0.15, 0.2) is 5.16 Å². The van der Waals surface area contributed by atoms with Crippen LogP contribution in [-0.4, -0.2) is 60.7 Å². The van der Waals surface area contributed by atoms with E-state index in [0.29, 0.717) is 31.9 Å². The fourth-order valence-electron chi connectivity index (χ4n) is 1.08. The van der Waals surface area contributed by atoms with Crippen molar-refractivity contribution in [2.45, 2.75) is 6.42 Å². The zero-order valence-corrected chi connectivity index (χ0v) is 10.5. The van der Waals surface area contributed by atoms with Gasteiger partial charge in [0, 0.05) is 26.6 Å². The summed E-state index contributed by atoms with van der Waals surface area (Å²) in [5, 5.41) is 11.3. The molecule has 0 aromatic rings. The number of nitrogens with two attached hydrogens (primary N) is 1. The van der Waals surface area contributed by atoms with Crippen LogP contribution in [0.4, 0.5) is 0 Å². The number of thioether (sulfide) groups is 1. The molecule has 0 atom stereocenters. The van der Waals surface area contributed by atoms with Crippen molar-refractivity contribution in [2.24, 2.45) is 10.9 Å². The van der Waals surface area contributed by atoms with E-state index in [1.807, 2.05) is 6.26 Å². The van der Waals surface area contributed by atoms with E-state index in [9.17, 15) is 4.79 Å². The maximum absolute atomic E-state index is 11.7. The van der Waals surface area contributed by atoms with Gasteiger partial charge in [-0.25, -0.2) is 0 Å². The second-order valence-electron chi connectivity index (χ2n) is 3.15. The number of hydrogen-bond donors (Lipinski definition) is 2. The lowest BCUT2D eigenvalue weighted by Crippen LogP contribution is -2.37. The van der Waals surface area contributed by atoms with Crippen LogP contribution < -0.4 is 5.73 Å². The van der Waals surface area contributed by atoms with Gasteiger partial charge in [0.05, 0.1) is 12.4 Å². The van der Waals surface area contributed by atoms with Gasteiger partial charge in [-0.15, -0.1) is 0 Å². The molecular formula is C9H19N3O3S. The first-order valence-electron chi connectivity index (χ1n) is 4.87. The molecule has 0 unspecified atom stereocenters. The number of rotatable bonds is 8. The first-order chi connectivity index (χ1) is 7.65. The average molecular weight is 249 g/mol. The molecule has 0 bridgehead atoms. The van der Waals surface area contributed by atoms with Crippen molar-refractivity contribution in [2.75, 3.05) is 38.8 Å². The third-order valence-electron chi connectivity index (χ3n) is 1.95. The molecule has 0 aliphatic heterocycles. The smallest absolute Gasteiger partial charge is 0.232 e. The molecule has 94 valence electrons. The number of hydrogen-bond acceptors (Lipinski definition) is 5. The van der Waals surface area contributed by atoms with Crippen LogP contribution in [0.1, 0.15) is 6.42 Å². The molecule has 1 amide bonds. The van der Waals surface area contributed by atoms with Crippen molar-refractivity contribution >= 4 is 23.5 Å². The summed E-state index contributed by atoms with van der Waals surface area (Å²) in [4.78, 5) is 13.3. The second kappa shape index (κ2) is 9.29. The van der Waals surface area contributed by atoms with Gasteiger partial charge in [-0.2, -0.15) is 11.8 Å². The molecule has 0 rings (SSSR count). The van der Waals surface area contributed by atoms with Gasteiger partial charge >= 0.3 is 0 Å². The molecule has 0 fully saturated rings. The van der Waals surface area contributed by atoms with E-state index in [0.717, 1.165) is 0 Å². The number of ether oxygens (including phenoxy) is 1. The van der Waals surface area contributed by atoms with Gasteiger partial charge in [-0.05, 0) is 6.26 Å². The largest absolute Gasteiger partial charge is 0.409 e. The molecule has 7 heteroatoms. The van der Waals surface area contributed by atoms with Crippen LogP contribution in [0.25, 0.3) is 0 Å². The van der Waals surface area contributed by atoms with Crippen LogP contribution in [0.2, 0.25) is 0 Å². The van der Waals surface area contributed by atoms with Gasteiger partial charge in [0.15, 0.2) is 0 Å². The maximum Gasteiger partial charge on any atom is 0.232 e. The lowest BCUT2D eigenvalue weighted by atomic mass is 10.3. The molecule has 6 nitrogen and oxygen atoms in total. The van der Waals surface area contributed by atoms with E-state index in [1.54, 1.807) is 12.0 Å². The van der Waals surface area contributed by atoms with Gasteiger partial charge in [-0.3, -0.25) is 4.79 Å². The Labute approximate surface area is 99.8 Å². The number of amidine groups is 1. The topological polar surface area (TPSA) is 88.2 Å². The Morgan fingerprint density at radius 2 is 2.25 bits per heavy atom. The van der Waals surface area contributed by atoms with Crippen LogP contribution in [-0.2, 0) is 9.53 Å². The lowest BCUT2D eigenvalue weighted by molar-refractivity contribution is -0.128. The highest BCUT2D eigenvalue weighted by Crippen LogP contribution is 1.99. The van der Waals surface area contributed by atoms with Crippen LogP contribution in [0, 0.1) is 0 Å². The molecule has 3 N–H and O–H groups in total. The van der Waals surface area contributed by atoms with Gasteiger partial charge in [0.25, 0.3) is 0 Å². The number of amides is 1. The molecule has 0 radical (unpaired) electrons. The van der Waals surface area contributed by atoms with Gasteiger partial charge < -0.3 is 20.6 Å². The number of methoxy groups -OCH3 is 1. The average Bonchev–Trinajstić information content (AvgIpc) is 2.29. The summed E-state index contributed by atoms with van der Waals surface area (Å²) >= 11 is 1.47. The minimum Gasteiger partial charge on any atom is -0.409 e. The van der Waals surface area contributed by atoms with Gasteiger partial charge in [-0.1, -0.05) is 5.16 Å². The highest BCUT2D eigenvalue weighted by molar-refractivity contribution is 7.99. The third kappa shape index (κ3) is 6.52. The zero-order valence-electron chi connectivity index (χ0n) is 9.68. The minimum absolute atomic E-state index is 0.0373. The maximum atomic E-state index is 11.7. The zero-order chi connectivity index (χ0) is 12.4. The van der Waals surface area contributed by atoms with Crippen molar-refractivity contribution in [3.63, 3.8) is 0 Å². The summed E-state index contributed by atoms with van der Waals surface area (Å²) in [5.41, 5.74) is 5.35. The van der Waals surface area contributed by atoms with Gasteiger partial charge in [0.1, 0.15) is 5.84 Å².